The van der Waals surface area contributed by atoms with E-state index < -0.39 is 4.92 Å². The number of hydrogen-bond donors (Lipinski definition) is 2. The van der Waals surface area contributed by atoms with Gasteiger partial charge in [0.15, 0.2) is 0 Å². The SMILES string of the molecule is COc1ccccc1N1CCCC(Nc2cc(CO)ccc2[N+](=O)[O-])C1. The van der Waals surface area contributed by atoms with Gasteiger partial charge in [-0.05, 0) is 42.7 Å². The molecule has 1 aliphatic rings. The van der Waals surface area contributed by atoms with Gasteiger partial charge in [-0.25, -0.2) is 0 Å². The van der Waals surface area contributed by atoms with Gasteiger partial charge < -0.3 is 20.1 Å². The molecule has 1 heterocycles. The van der Waals surface area contributed by atoms with Crippen LogP contribution in [0.4, 0.5) is 17.1 Å². The van der Waals surface area contributed by atoms with Crippen molar-refractivity contribution in [1.29, 1.82) is 0 Å². The van der Waals surface area contributed by atoms with E-state index in [4.69, 9.17) is 4.74 Å². The summed E-state index contributed by atoms with van der Waals surface area (Å²) in [5.74, 6) is 0.821. The fourth-order valence-electron chi connectivity index (χ4n) is 3.38. The number of aliphatic hydroxyl groups is 1. The van der Waals surface area contributed by atoms with E-state index in [-0.39, 0.29) is 18.3 Å². The Bertz CT molecular complexity index is 781. The first-order chi connectivity index (χ1) is 12.6. The van der Waals surface area contributed by atoms with E-state index in [0.717, 1.165) is 37.4 Å². The normalized spacial score (nSPS) is 17.0. The van der Waals surface area contributed by atoms with Gasteiger partial charge in [-0.1, -0.05) is 12.1 Å². The van der Waals surface area contributed by atoms with Crippen LogP contribution >= 0.6 is 0 Å². The van der Waals surface area contributed by atoms with Crippen molar-refractivity contribution in [3.63, 3.8) is 0 Å². The average Bonchev–Trinajstić information content (AvgIpc) is 2.67. The van der Waals surface area contributed by atoms with Gasteiger partial charge in [-0.15, -0.1) is 0 Å². The molecule has 138 valence electrons. The minimum atomic E-state index is -0.399. The molecule has 1 saturated heterocycles. The van der Waals surface area contributed by atoms with Crippen LogP contribution in [0.5, 0.6) is 5.75 Å². The second-order valence-electron chi connectivity index (χ2n) is 6.37. The van der Waals surface area contributed by atoms with Crippen molar-refractivity contribution in [2.24, 2.45) is 0 Å². The standard InChI is InChI=1S/C19H23N3O4/c1-26-19-7-3-2-6-18(19)21-10-4-5-15(12-21)20-16-11-14(13-23)8-9-17(16)22(24)25/h2-3,6-9,11,15,20,23H,4-5,10,12-13H2,1H3. The van der Waals surface area contributed by atoms with Crippen molar-refractivity contribution in [1.82, 2.24) is 0 Å². The summed E-state index contributed by atoms with van der Waals surface area (Å²) in [6.07, 6.45) is 1.90. The summed E-state index contributed by atoms with van der Waals surface area (Å²) in [4.78, 5) is 13.1. The summed E-state index contributed by atoms with van der Waals surface area (Å²) in [6, 6.07) is 12.6. The van der Waals surface area contributed by atoms with E-state index >= 15 is 0 Å². The van der Waals surface area contributed by atoms with Crippen molar-refractivity contribution in [2.45, 2.75) is 25.5 Å². The average molecular weight is 357 g/mol. The maximum atomic E-state index is 11.3. The van der Waals surface area contributed by atoms with Crippen molar-refractivity contribution in [2.75, 3.05) is 30.4 Å². The molecule has 2 aromatic rings. The van der Waals surface area contributed by atoms with E-state index in [1.165, 1.54) is 6.07 Å². The molecule has 1 atom stereocenters. The predicted octanol–water partition coefficient (Wildman–Crippen LogP) is 3.18. The van der Waals surface area contributed by atoms with Crippen molar-refractivity contribution in [3.05, 3.63) is 58.1 Å². The summed E-state index contributed by atoms with van der Waals surface area (Å²) >= 11 is 0. The molecule has 1 aliphatic heterocycles. The lowest BCUT2D eigenvalue weighted by atomic mass is 10.0. The van der Waals surface area contributed by atoms with E-state index in [1.54, 1.807) is 19.2 Å². The summed E-state index contributed by atoms with van der Waals surface area (Å²) in [6.45, 7) is 1.49. The lowest BCUT2D eigenvalue weighted by molar-refractivity contribution is -0.384. The number of nitrogens with zero attached hydrogens (tertiary/aromatic N) is 2. The lowest BCUT2D eigenvalue weighted by Crippen LogP contribution is -2.42. The van der Waals surface area contributed by atoms with Crippen LogP contribution in [0.3, 0.4) is 0 Å². The summed E-state index contributed by atoms with van der Waals surface area (Å²) in [5.41, 5.74) is 2.15. The molecule has 0 radical (unpaired) electrons. The predicted molar refractivity (Wildman–Crippen MR) is 101 cm³/mol. The zero-order valence-electron chi connectivity index (χ0n) is 14.7. The Kier molecular flexibility index (Phi) is 5.58. The van der Waals surface area contributed by atoms with Crippen LogP contribution < -0.4 is 15.0 Å². The number of nitro benzene ring substituents is 1. The molecular formula is C19H23N3O4. The molecule has 1 unspecified atom stereocenters. The molecule has 2 aromatic carbocycles. The molecule has 1 fully saturated rings. The number of rotatable bonds is 6. The van der Waals surface area contributed by atoms with Crippen LogP contribution in [-0.4, -0.2) is 36.3 Å². The van der Waals surface area contributed by atoms with E-state index in [2.05, 4.69) is 10.2 Å². The fraction of sp³-hybridized carbons (Fsp3) is 0.368. The van der Waals surface area contributed by atoms with Crippen LogP contribution in [0.25, 0.3) is 0 Å². The molecule has 0 amide bonds. The fourth-order valence-corrected chi connectivity index (χ4v) is 3.38. The minimum absolute atomic E-state index is 0.0246. The van der Waals surface area contributed by atoms with Crippen LogP contribution in [0, 0.1) is 10.1 Å². The van der Waals surface area contributed by atoms with Gasteiger partial charge in [0.1, 0.15) is 11.4 Å². The van der Waals surface area contributed by atoms with Crippen LogP contribution in [0.15, 0.2) is 42.5 Å². The number of piperidine rings is 1. The smallest absolute Gasteiger partial charge is 0.292 e. The molecule has 0 spiro atoms. The second kappa shape index (κ2) is 8.05. The quantitative estimate of drug-likeness (QED) is 0.610. The number of nitrogens with one attached hydrogen (secondary N) is 1. The largest absolute Gasteiger partial charge is 0.495 e. The van der Waals surface area contributed by atoms with Crippen molar-refractivity contribution < 1.29 is 14.8 Å². The van der Waals surface area contributed by atoms with E-state index in [9.17, 15) is 15.2 Å². The van der Waals surface area contributed by atoms with Gasteiger partial charge in [0, 0.05) is 25.2 Å². The Morgan fingerprint density at radius 2 is 2.15 bits per heavy atom. The number of para-hydroxylation sites is 2. The van der Waals surface area contributed by atoms with Gasteiger partial charge in [0.05, 0.1) is 24.3 Å². The number of anilines is 2. The Labute approximate surface area is 152 Å². The molecule has 0 aliphatic carbocycles. The maximum Gasteiger partial charge on any atom is 0.292 e. The molecule has 7 nitrogen and oxygen atoms in total. The number of aliphatic hydroxyl groups excluding tert-OH is 1. The van der Waals surface area contributed by atoms with Gasteiger partial charge >= 0.3 is 0 Å². The van der Waals surface area contributed by atoms with Crippen molar-refractivity contribution >= 4 is 17.1 Å². The zero-order valence-corrected chi connectivity index (χ0v) is 14.7. The highest BCUT2D eigenvalue weighted by Gasteiger charge is 2.24. The summed E-state index contributed by atoms with van der Waals surface area (Å²) < 4.78 is 5.45. The molecular weight excluding hydrogens is 334 g/mol. The highest BCUT2D eigenvalue weighted by atomic mass is 16.6. The van der Waals surface area contributed by atoms with Crippen LogP contribution in [0.2, 0.25) is 0 Å². The third kappa shape index (κ3) is 3.88. The molecule has 26 heavy (non-hydrogen) atoms. The summed E-state index contributed by atoms with van der Waals surface area (Å²) in [7, 11) is 1.66. The number of nitro groups is 1. The molecule has 2 N–H and O–H groups in total. The number of methoxy groups -OCH3 is 1. The number of ether oxygens (including phenoxy) is 1. The Morgan fingerprint density at radius 3 is 2.88 bits per heavy atom. The van der Waals surface area contributed by atoms with Gasteiger partial charge in [-0.2, -0.15) is 0 Å². The first-order valence-electron chi connectivity index (χ1n) is 8.65. The second-order valence-corrected chi connectivity index (χ2v) is 6.37. The first-order valence-corrected chi connectivity index (χ1v) is 8.65. The molecule has 0 aromatic heterocycles. The first kappa shape index (κ1) is 18.0. The Balaban J connectivity index is 1.80. The third-order valence-electron chi connectivity index (χ3n) is 4.65. The summed E-state index contributed by atoms with van der Waals surface area (Å²) in [5, 5.41) is 23.9. The van der Waals surface area contributed by atoms with Crippen molar-refractivity contribution in [3.8, 4) is 5.75 Å². The zero-order chi connectivity index (χ0) is 18.5. The minimum Gasteiger partial charge on any atom is -0.495 e. The van der Waals surface area contributed by atoms with Crippen LogP contribution in [-0.2, 0) is 6.61 Å². The van der Waals surface area contributed by atoms with Gasteiger partial charge in [0.25, 0.3) is 5.69 Å². The van der Waals surface area contributed by atoms with E-state index in [0.29, 0.717) is 11.3 Å². The van der Waals surface area contributed by atoms with E-state index in [1.807, 2.05) is 24.3 Å². The molecule has 0 bridgehead atoms. The topological polar surface area (TPSA) is 87.9 Å². The monoisotopic (exact) mass is 357 g/mol. The molecule has 0 saturated carbocycles. The van der Waals surface area contributed by atoms with Gasteiger partial charge in [0.2, 0.25) is 0 Å². The highest BCUT2D eigenvalue weighted by molar-refractivity contribution is 5.64. The lowest BCUT2D eigenvalue weighted by Gasteiger charge is -2.35. The van der Waals surface area contributed by atoms with Gasteiger partial charge in [-0.3, -0.25) is 10.1 Å². The maximum absolute atomic E-state index is 11.3. The Hall–Kier alpha value is -2.80. The number of hydrogen-bond acceptors (Lipinski definition) is 6. The highest BCUT2D eigenvalue weighted by Crippen LogP contribution is 2.32. The number of benzene rings is 2. The third-order valence-corrected chi connectivity index (χ3v) is 4.65. The molecule has 7 heteroatoms. The Morgan fingerprint density at radius 1 is 1.35 bits per heavy atom. The molecule has 3 rings (SSSR count). The van der Waals surface area contributed by atoms with Crippen LogP contribution in [0.1, 0.15) is 18.4 Å².